The van der Waals surface area contributed by atoms with Gasteiger partial charge in [0, 0.05) is 28.2 Å². The number of benzene rings is 10. The molecule has 5 aliphatic rings. The van der Waals surface area contributed by atoms with Crippen molar-refractivity contribution in [2.24, 2.45) is 10.9 Å². The van der Waals surface area contributed by atoms with Crippen molar-refractivity contribution in [1.29, 1.82) is 0 Å². The van der Waals surface area contributed by atoms with E-state index in [-0.39, 0.29) is 17.5 Å². The molecular weight excluding hydrogens is 1220 g/mol. The molecule has 11 aromatic rings. The van der Waals surface area contributed by atoms with Gasteiger partial charge in [-0.15, -0.1) is 0 Å². The Bertz CT molecular complexity index is 5490. The first-order valence-electron chi connectivity index (χ1n) is 35.5. The van der Waals surface area contributed by atoms with Crippen molar-refractivity contribution in [1.82, 2.24) is 15.3 Å². The molecule has 0 radical (unpaired) electrons. The fraction of sp³-hybridized carbons (Fsp3) is 0.124. The van der Waals surface area contributed by atoms with E-state index in [1.165, 1.54) is 100 Å². The third kappa shape index (κ3) is 11.2. The second-order valence-corrected chi connectivity index (χ2v) is 27.7. The summed E-state index contributed by atoms with van der Waals surface area (Å²) in [5.74, 6) is 0.935. The Morgan fingerprint density at radius 1 is 0.505 bits per heavy atom. The normalized spacial score (nSPS) is 17.9. The van der Waals surface area contributed by atoms with E-state index in [9.17, 15) is 0 Å². The van der Waals surface area contributed by atoms with Crippen molar-refractivity contribution >= 4 is 22.6 Å². The minimum atomic E-state index is -0.494. The molecular formula is C97H80N4. The number of allylic oxidation sites excluding steroid dienone is 17. The predicted octanol–water partition coefficient (Wildman–Crippen LogP) is 24.6. The Balaban J connectivity index is 0.704. The highest BCUT2D eigenvalue weighted by molar-refractivity contribution is 6.12. The first kappa shape index (κ1) is 63.9. The lowest BCUT2D eigenvalue weighted by Crippen LogP contribution is -2.36. The predicted molar refractivity (Wildman–Crippen MR) is 427 cm³/mol. The summed E-state index contributed by atoms with van der Waals surface area (Å²) in [7, 11) is 0. The number of nitrogens with one attached hydrogen (secondary N) is 1. The van der Waals surface area contributed by atoms with Gasteiger partial charge in [-0.25, -0.2) is 9.97 Å². The molecule has 3 unspecified atom stereocenters. The Morgan fingerprint density at radius 3 is 1.75 bits per heavy atom. The molecule has 10 aromatic carbocycles. The number of fused-ring (bicyclic) bond motifs is 10. The van der Waals surface area contributed by atoms with Crippen LogP contribution in [-0.2, 0) is 10.8 Å². The average Bonchev–Trinajstić information content (AvgIpc) is 1.51. The van der Waals surface area contributed by atoms with Gasteiger partial charge in [-0.1, -0.05) is 306 Å². The van der Waals surface area contributed by atoms with E-state index >= 15 is 0 Å². The van der Waals surface area contributed by atoms with Crippen LogP contribution in [0.4, 0.5) is 0 Å². The van der Waals surface area contributed by atoms with Crippen LogP contribution in [0.2, 0.25) is 0 Å². The maximum atomic E-state index is 5.37. The van der Waals surface area contributed by atoms with Crippen molar-refractivity contribution in [3.63, 3.8) is 0 Å². The molecule has 1 spiro atoms. The van der Waals surface area contributed by atoms with Gasteiger partial charge >= 0.3 is 0 Å². The Labute approximate surface area is 595 Å². The van der Waals surface area contributed by atoms with E-state index < -0.39 is 5.41 Å². The van der Waals surface area contributed by atoms with Crippen LogP contribution in [0.15, 0.2) is 338 Å². The van der Waals surface area contributed by atoms with Gasteiger partial charge in [-0.05, 0) is 211 Å². The standard InChI is InChI=1S/C97H80N4/c1-9-13-27-62(5)88-60-90(100-94(98-88)71-29-16-15-17-30-71)69-51-45-66(46-52-69)72-31-22-33-75(57-72)79-38-25-42-87-93(79)81-36-19-21-40-84(81)97(87)63(6)77(26-11-3)82-59-74(55-56-85(82)97)67-47-53-70(54-48-67)91-61-89(64(12-4)28-14-10-2)99-95(101-91)76-34-23-32-73(58-76)65-43-49-68(50-44-65)78-37-24-41-86-92(78)80-35-18-20-39-83(80)96(86,7)8/h9-29,31-61,71,94,100H,2,30H2,1,3-8H3/b13-9-,26-11-,28-14-,62-27+,64-12+. The maximum absolute atomic E-state index is 5.37. The molecule has 4 nitrogen and oxygen atoms in total. The van der Waals surface area contributed by atoms with E-state index in [1.807, 2.05) is 13.0 Å². The smallest absolute Gasteiger partial charge is 0.160 e. The zero-order valence-electron chi connectivity index (χ0n) is 58.4. The van der Waals surface area contributed by atoms with Crippen LogP contribution in [0.1, 0.15) is 99.5 Å². The Morgan fingerprint density at radius 2 is 1.07 bits per heavy atom. The lowest BCUT2D eigenvalue weighted by atomic mass is 9.70. The second-order valence-electron chi connectivity index (χ2n) is 27.7. The molecule has 0 saturated carbocycles. The molecule has 16 rings (SSSR count). The summed E-state index contributed by atoms with van der Waals surface area (Å²) in [5, 5.41) is 3.81. The van der Waals surface area contributed by atoms with Gasteiger partial charge < -0.3 is 5.32 Å². The Hall–Kier alpha value is -11.9. The monoisotopic (exact) mass is 1300 g/mol. The van der Waals surface area contributed by atoms with Gasteiger partial charge in [-0.3, -0.25) is 4.99 Å². The first-order valence-corrected chi connectivity index (χ1v) is 35.5. The van der Waals surface area contributed by atoms with Crippen LogP contribution in [0.25, 0.3) is 117 Å². The highest BCUT2D eigenvalue weighted by Gasteiger charge is 2.52. The van der Waals surface area contributed by atoms with Crippen molar-refractivity contribution < 1.29 is 0 Å². The summed E-state index contributed by atoms with van der Waals surface area (Å²) in [5.41, 5.74) is 36.0. The van der Waals surface area contributed by atoms with Crippen LogP contribution in [0.5, 0.6) is 0 Å². The van der Waals surface area contributed by atoms with Gasteiger partial charge in [0.15, 0.2) is 5.82 Å². The summed E-state index contributed by atoms with van der Waals surface area (Å²) in [6.45, 7) is 19.4. The van der Waals surface area contributed by atoms with E-state index in [4.69, 9.17) is 15.0 Å². The highest BCUT2D eigenvalue weighted by atomic mass is 15.1. The second kappa shape index (κ2) is 26.4. The zero-order chi connectivity index (χ0) is 68.9. The SMILES string of the molecule is C=C/C=C\C(=C/C)c1cc(-c2ccc(-c3ccc4c(c3)C(/C=C\C)=C(C)C43c4ccccc4-c4c(-c5cccc(-c6ccc(C7=CC(/C(C)=C/C=C\C)=NC(C8C=CC=CC8)N7)cc6)c5)cccc43)cc2)nc(-c2cccc(-c3ccc(-c4cccc5c4-c4ccccc4C5(C)C)cc3)c2)n1. The van der Waals surface area contributed by atoms with Gasteiger partial charge in [-0.2, -0.15) is 0 Å². The van der Waals surface area contributed by atoms with E-state index in [1.54, 1.807) is 6.08 Å². The van der Waals surface area contributed by atoms with Crippen LogP contribution in [0.3, 0.4) is 0 Å². The summed E-state index contributed by atoms with van der Waals surface area (Å²) in [4.78, 5) is 15.9. The van der Waals surface area contributed by atoms with Crippen LogP contribution in [-0.4, -0.2) is 21.8 Å². The molecule has 0 saturated heterocycles. The van der Waals surface area contributed by atoms with Crippen molar-refractivity contribution in [3.05, 3.63) is 378 Å². The molecule has 0 bridgehead atoms. The summed E-state index contributed by atoms with van der Waals surface area (Å²) < 4.78 is 0. The highest BCUT2D eigenvalue weighted by Crippen LogP contribution is 2.64. The number of hydrogen-bond acceptors (Lipinski definition) is 4. The molecule has 1 aliphatic heterocycles. The molecule has 4 aliphatic carbocycles. The fourth-order valence-corrected chi connectivity index (χ4v) is 16.4. The minimum absolute atomic E-state index is 0.0588. The van der Waals surface area contributed by atoms with Crippen molar-refractivity contribution in [2.45, 2.75) is 71.9 Å². The summed E-state index contributed by atoms with van der Waals surface area (Å²) in [6, 6.07) is 85.8. The van der Waals surface area contributed by atoms with Gasteiger partial charge in [0.05, 0.1) is 22.5 Å². The molecule has 1 aromatic heterocycles. The van der Waals surface area contributed by atoms with Gasteiger partial charge in [0.1, 0.15) is 6.17 Å². The summed E-state index contributed by atoms with van der Waals surface area (Å²) in [6.07, 6.45) is 30.6. The lowest BCUT2D eigenvalue weighted by Gasteiger charge is -2.31. The first-order chi connectivity index (χ1) is 49.5. The minimum Gasteiger partial charge on any atom is -0.363 e. The average molecular weight is 1300 g/mol. The van der Waals surface area contributed by atoms with Crippen LogP contribution < -0.4 is 5.32 Å². The summed E-state index contributed by atoms with van der Waals surface area (Å²) >= 11 is 0. The number of hydrogen-bond donors (Lipinski definition) is 1. The number of aromatic nitrogens is 2. The van der Waals surface area contributed by atoms with Crippen molar-refractivity contribution in [2.75, 3.05) is 0 Å². The van der Waals surface area contributed by atoms with Crippen molar-refractivity contribution in [3.8, 4) is 101 Å². The molecule has 2 heterocycles. The quantitative estimate of drug-likeness (QED) is 0.104. The van der Waals surface area contributed by atoms with E-state index in [0.717, 1.165) is 79.3 Å². The fourth-order valence-electron chi connectivity index (χ4n) is 16.4. The topological polar surface area (TPSA) is 50.2 Å². The van der Waals surface area contributed by atoms with Crippen LogP contribution >= 0.6 is 0 Å². The third-order valence-electron chi connectivity index (χ3n) is 21.5. The molecule has 0 amide bonds. The zero-order valence-corrected chi connectivity index (χ0v) is 58.4. The van der Waals surface area contributed by atoms with Gasteiger partial charge in [0.2, 0.25) is 0 Å². The molecule has 0 fully saturated rings. The number of aliphatic imine (C=N–C) groups is 1. The van der Waals surface area contributed by atoms with E-state index in [2.05, 4.69) is 357 Å². The number of rotatable bonds is 15. The van der Waals surface area contributed by atoms with E-state index in [0.29, 0.717) is 5.82 Å². The molecule has 101 heavy (non-hydrogen) atoms. The Kier molecular flexibility index (Phi) is 16.7. The molecule has 488 valence electrons. The maximum Gasteiger partial charge on any atom is 0.160 e. The lowest BCUT2D eigenvalue weighted by molar-refractivity contribution is 0.470. The third-order valence-corrected chi connectivity index (χ3v) is 21.5. The molecule has 3 atom stereocenters. The largest absolute Gasteiger partial charge is 0.363 e. The molecule has 4 heteroatoms. The van der Waals surface area contributed by atoms with Crippen LogP contribution in [0, 0.1) is 5.92 Å². The number of nitrogens with zero attached hydrogens (tertiary/aromatic N) is 3. The molecule has 1 N–H and O–H groups in total. The van der Waals surface area contributed by atoms with Gasteiger partial charge in [0.25, 0.3) is 0 Å².